The third-order valence-corrected chi connectivity index (χ3v) is 2.55. The van der Waals surface area contributed by atoms with E-state index in [1.807, 2.05) is 24.3 Å². The van der Waals surface area contributed by atoms with E-state index >= 15 is 0 Å². The summed E-state index contributed by atoms with van der Waals surface area (Å²) in [6, 6.07) is 7.80. The summed E-state index contributed by atoms with van der Waals surface area (Å²) in [6.45, 7) is 6.41. The lowest BCUT2D eigenvalue weighted by molar-refractivity contribution is 0.380. The van der Waals surface area contributed by atoms with Crippen LogP contribution in [0.1, 0.15) is 32.8 Å². The normalized spacial score (nSPS) is 15.6. The SMILES string of the molecule is CC(C)CC(C)(N)c1cccc(Cl)c1. The number of hydrogen-bond acceptors (Lipinski definition) is 1. The van der Waals surface area contributed by atoms with Crippen molar-refractivity contribution in [2.75, 3.05) is 0 Å². The van der Waals surface area contributed by atoms with Crippen molar-refractivity contribution in [3.63, 3.8) is 0 Å². The zero-order valence-corrected chi connectivity index (χ0v) is 9.81. The van der Waals surface area contributed by atoms with Crippen LogP contribution in [0, 0.1) is 5.92 Å². The van der Waals surface area contributed by atoms with Crippen LogP contribution < -0.4 is 5.73 Å². The van der Waals surface area contributed by atoms with Crippen LogP contribution in [-0.4, -0.2) is 0 Å². The molecule has 0 saturated heterocycles. The van der Waals surface area contributed by atoms with Gasteiger partial charge in [-0.15, -0.1) is 0 Å². The lowest BCUT2D eigenvalue weighted by Crippen LogP contribution is -2.34. The highest BCUT2D eigenvalue weighted by Crippen LogP contribution is 2.27. The van der Waals surface area contributed by atoms with Gasteiger partial charge in [-0.25, -0.2) is 0 Å². The first-order valence-electron chi connectivity index (χ1n) is 4.97. The fourth-order valence-electron chi connectivity index (χ4n) is 1.81. The molecule has 0 amide bonds. The standard InChI is InChI=1S/C12H18ClN/c1-9(2)8-12(3,14)10-5-4-6-11(13)7-10/h4-7,9H,8,14H2,1-3H3. The molecule has 1 aromatic carbocycles. The van der Waals surface area contributed by atoms with Crippen molar-refractivity contribution in [2.45, 2.75) is 32.7 Å². The van der Waals surface area contributed by atoms with E-state index in [-0.39, 0.29) is 5.54 Å². The molecule has 2 heteroatoms. The number of hydrogen-bond donors (Lipinski definition) is 1. The second kappa shape index (κ2) is 4.33. The Labute approximate surface area is 91.3 Å². The molecule has 1 atom stereocenters. The summed E-state index contributed by atoms with van der Waals surface area (Å²) in [7, 11) is 0. The molecule has 2 N–H and O–H groups in total. The average molecular weight is 212 g/mol. The van der Waals surface area contributed by atoms with E-state index in [9.17, 15) is 0 Å². The number of halogens is 1. The molecule has 0 saturated carbocycles. The molecule has 0 radical (unpaired) electrons. The van der Waals surface area contributed by atoms with Crippen LogP contribution in [0.3, 0.4) is 0 Å². The fraction of sp³-hybridized carbons (Fsp3) is 0.500. The molecule has 0 fully saturated rings. The molecule has 0 aliphatic rings. The largest absolute Gasteiger partial charge is 0.322 e. The fourth-order valence-corrected chi connectivity index (χ4v) is 2.00. The Balaban J connectivity index is 2.91. The highest BCUT2D eigenvalue weighted by Gasteiger charge is 2.22. The molecule has 1 rings (SSSR count). The Kier molecular flexibility index (Phi) is 3.57. The van der Waals surface area contributed by atoms with Crippen LogP contribution >= 0.6 is 11.6 Å². The van der Waals surface area contributed by atoms with Gasteiger partial charge in [-0.3, -0.25) is 0 Å². The molecule has 1 nitrogen and oxygen atoms in total. The van der Waals surface area contributed by atoms with E-state index in [4.69, 9.17) is 17.3 Å². The lowest BCUT2D eigenvalue weighted by Gasteiger charge is -2.27. The van der Waals surface area contributed by atoms with Crippen LogP contribution in [0.4, 0.5) is 0 Å². The lowest BCUT2D eigenvalue weighted by atomic mass is 9.85. The van der Waals surface area contributed by atoms with Crippen LogP contribution in [0.25, 0.3) is 0 Å². The summed E-state index contributed by atoms with van der Waals surface area (Å²) in [6.07, 6.45) is 0.966. The van der Waals surface area contributed by atoms with Crippen LogP contribution in [0.15, 0.2) is 24.3 Å². The highest BCUT2D eigenvalue weighted by atomic mass is 35.5. The van der Waals surface area contributed by atoms with Gasteiger partial charge in [0.2, 0.25) is 0 Å². The van der Waals surface area contributed by atoms with Crippen molar-refractivity contribution in [3.05, 3.63) is 34.9 Å². The van der Waals surface area contributed by atoms with Crippen molar-refractivity contribution in [3.8, 4) is 0 Å². The van der Waals surface area contributed by atoms with Crippen molar-refractivity contribution in [1.82, 2.24) is 0 Å². The third-order valence-electron chi connectivity index (χ3n) is 2.32. The van der Waals surface area contributed by atoms with Gasteiger partial charge in [-0.1, -0.05) is 37.6 Å². The van der Waals surface area contributed by atoms with E-state index < -0.39 is 0 Å². The first-order chi connectivity index (χ1) is 6.42. The van der Waals surface area contributed by atoms with Crippen molar-refractivity contribution in [1.29, 1.82) is 0 Å². The van der Waals surface area contributed by atoms with Gasteiger partial charge in [0.05, 0.1) is 0 Å². The van der Waals surface area contributed by atoms with Crippen LogP contribution in [0.5, 0.6) is 0 Å². The van der Waals surface area contributed by atoms with E-state index in [2.05, 4.69) is 20.8 Å². The smallest absolute Gasteiger partial charge is 0.0409 e. The molecule has 0 spiro atoms. The van der Waals surface area contributed by atoms with Gasteiger partial charge in [0, 0.05) is 10.6 Å². The van der Waals surface area contributed by atoms with Gasteiger partial charge in [0.15, 0.2) is 0 Å². The van der Waals surface area contributed by atoms with Gasteiger partial charge in [0.25, 0.3) is 0 Å². The quantitative estimate of drug-likeness (QED) is 0.813. The Bertz CT molecular complexity index is 305. The summed E-state index contributed by atoms with van der Waals surface area (Å²) in [4.78, 5) is 0. The molecule has 0 aliphatic heterocycles. The molecular weight excluding hydrogens is 194 g/mol. The van der Waals surface area contributed by atoms with Gasteiger partial charge >= 0.3 is 0 Å². The summed E-state index contributed by atoms with van der Waals surface area (Å²) in [5.41, 5.74) is 7.08. The average Bonchev–Trinajstić information content (AvgIpc) is 2.01. The zero-order valence-electron chi connectivity index (χ0n) is 9.05. The van der Waals surface area contributed by atoms with Crippen molar-refractivity contribution in [2.24, 2.45) is 11.7 Å². The van der Waals surface area contributed by atoms with Crippen molar-refractivity contribution < 1.29 is 0 Å². The molecule has 0 aliphatic carbocycles. The number of benzene rings is 1. The Morgan fingerprint density at radius 3 is 2.57 bits per heavy atom. The van der Waals surface area contributed by atoms with E-state index in [0.29, 0.717) is 5.92 Å². The molecule has 1 unspecified atom stereocenters. The maximum Gasteiger partial charge on any atom is 0.0409 e. The van der Waals surface area contributed by atoms with E-state index in [1.165, 1.54) is 0 Å². The van der Waals surface area contributed by atoms with E-state index in [0.717, 1.165) is 17.0 Å². The third kappa shape index (κ3) is 3.00. The first-order valence-corrected chi connectivity index (χ1v) is 5.34. The van der Waals surface area contributed by atoms with Gasteiger partial charge in [-0.05, 0) is 37.0 Å². The predicted molar refractivity (Wildman–Crippen MR) is 62.4 cm³/mol. The summed E-state index contributed by atoms with van der Waals surface area (Å²) in [5, 5.41) is 0.753. The Morgan fingerprint density at radius 2 is 2.07 bits per heavy atom. The molecular formula is C12H18ClN. The summed E-state index contributed by atoms with van der Waals surface area (Å²) >= 11 is 5.93. The van der Waals surface area contributed by atoms with Crippen LogP contribution in [0.2, 0.25) is 5.02 Å². The predicted octanol–water partition coefficient (Wildman–Crippen LogP) is 3.56. The highest BCUT2D eigenvalue weighted by molar-refractivity contribution is 6.30. The minimum atomic E-state index is -0.279. The second-order valence-electron chi connectivity index (χ2n) is 4.53. The number of rotatable bonds is 3. The second-order valence-corrected chi connectivity index (χ2v) is 4.96. The topological polar surface area (TPSA) is 26.0 Å². The molecule has 0 heterocycles. The van der Waals surface area contributed by atoms with Gasteiger partial charge in [-0.2, -0.15) is 0 Å². The van der Waals surface area contributed by atoms with Gasteiger partial charge in [0.1, 0.15) is 0 Å². The summed E-state index contributed by atoms with van der Waals surface area (Å²) < 4.78 is 0. The number of nitrogens with two attached hydrogens (primary N) is 1. The van der Waals surface area contributed by atoms with E-state index in [1.54, 1.807) is 0 Å². The monoisotopic (exact) mass is 211 g/mol. The van der Waals surface area contributed by atoms with Gasteiger partial charge < -0.3 is 5.73 Å². The summed E-state index contributed by atoms with van der Waals surface area (Å²) in [5.74, 6) is 0.587. The zero-order chi connectivity index (χ0) is 10.8. The Hall–Kier alpha value is -0.530. The molecule has 0 bridgehead atoms. The minimum Gasteiger partial charge on any atom is -0.322 e. The minimum absolute atomic E-state index is 0.279. The maximum atomic E-state index is 6.25. The molecule has 0 aromatic heterocycles. The maximum absolute atomic E-state index is 6.25. The Morgan fingerprint density at radius 1 is 1.43 bits per heavy atom. The van der Waals surface area contributed by atoms with Crippen LogP contribution in [-0.2, 0) is 5.54 Å². The first kappa shape index (κ1) is 11.5. The molecule has 14 heavy (non-hydrogen) atoms. The molecule has 78 valence electrons. The van der Waals surface area contributed by atoms with Crippen molar-refractivity contribution >= 4 is 11.6 Å². The molecule has 1 aromatic rings.